The molecular weight excluding hydrogens is 360 g/mol. The van der Waals surface area contributed by atoms with Crippen LogP contribution < -0.4 is 9.47 Å². The monoisotopic (exact) mass is 384 g/mol. The van der Waals surface area contributed by atoms with Crippen molar-refractivity contribution in [2.45, 2.75) is 37.4 Å². The highest BCUT2D eigenvalue weighted by molar-refractivity contribution is 5.91. The molecule has 3 aliphatic rings. The number of piperidine rings is 1. The van der Waals surface area contributed by atoms with E-state index in [4.69, 9.17) is 18.6 Å². The number of para-hydroxylation sites is 1. The van der Waals surface area contributed by atoms with E-state index in [-0.39, 0.29) is 29.3 Å². The van der Waals surface area contributed by atoms with Gasteiger partial charge in [-0.3, -0.25) is 4.79 Å². The van der Waals surface area contributed by atoms with Crippen LogP contribution in [0, 0.1) is 5.92 Å². The van der Waals surface area contributed by atoms with Crippen LogP contribution in [0.3, 0.4) is 0 Å². The van der Waals surface area contributed by atoms with Gasteiger partial charge >= 0.3 is 0 Å². The molecule has 1 spiro atoms. The van der Waals surface area contributed by atoms with Crippen LogP contribution in [-0.4, -0.2) is 48.2 Å². The molecule has 5 rings (SSSR count). The van der Waals surface area contributed by atoms with E-state index >= 15 is 0 Å². The number of rotatable bonds is 2. The predicted octanol–water partition coefficient (Wildman–Crippen LogP) is 3.22. The molecule has 0 saturated carbocycles. The van der Waals surface area contributed by atoms with Crippen molar-refractivity contribution in [1.82, 2.24) is 9.88 Å². The summed E-state index contributed by atoms with van der Waals surface area (Å²) in [6, 6.07) is 6.00. The third kappa shape index (κ3) is 2.68. The number of carbonyl (C=O) groups excluding carboxylic acids is 1. The Balaban J connectivity index is 1.44. The molecule has 2 aromatic rings. The number of hydrogen-bond donors (Lipinski definition) is 0. The molecule has 148 valence electrons. The molecule has 1 aromatic heterocycles. The van der Waals surface area contributed by atoms with Gasteiger partial charge in [0.05, 0.1) is 19.4 Å². The number of methoxy groups -OCH3 is 1. The minimum Gasteiger partial charge on any atom is -0.493 e. The zero-order chi connectivity index (χ0) is 19.1. The first kappa shape index (κ1) is 17.6. The van der Waals surface area contributed by atoms with Crippen molar-refractivity contribution in [3.63, 3.8) is 0 Å². The van der Waals surface area contributed by atoms with E-state index in [2.05, 4.69) is 11.1 Å². The molecule has 2 saturated heterocycles. The van der Waals surface area contributed by atoms with Crippen LogP contribution in [0.5, 0.6) is 11.5 Å². The minimum absolute atomic E-state index is 0.0177. The molecule has 3 aliphatic heterocycles. The van der Waals surface area contributed by atoms with E-state index in [0.29, 0.717) is 13.1 Å². The molecule has 0 aliphatic carbocycles. The number of ether oxygens (including phenoxy) is 3. The molecule has 2 fully saturated rings. The molecule has 0 unspecified atom stereocenters. The van der Waals surface area contributed by atoms with E-state index in [0.717, 1.165) is 49.4 Å². The summed E-state index contributed by atoms with van der Waals surface area (Å²) in [6.07, 6.45) is 6.39. The van der Waals surface area contributed by atoms with Crippen molar-refractivity contribution in [3.8, 4) is 11.5 Å². The van der Waals surface area contributed by atoms with Crippen molar-refractivity contribution in [1.29, 1.82) is 0 Å². The third-order valence-electron chi connectivity index (χ3n) is 6.38. The Hall–Kier alpha value is -2.54. The van der Waals surface area contributed by atoms with Gasteiger partial charge in [-0.2, -0.15) is 0 Å². The van der Waals surface area contributed by atoms with Gasteiger partial charge in [-0.1, -0.05) is 12.1 Å². The molecule has 1 amide bonds. The summed E-state index contributed by atoms with van der Waals surface area (Å²) < 4.78 is 23.7. The third-order valence-corrected chi connectivity index (χ3v) is 6.38. The summed E-state index contributed by atoms with van der Waals surface area (Å²) in [5.74, 6) is 1.99. The van der Waals surface area contributed by atoms with Gasteiger partial charge in [-0.05, 0) is 18.9 Å². The number of aromatic nitrogens is 1. The molecule has 7 nitrogen and oxygen atoms in total. The summed E-state index contributed by atoms with van der Waals surface area (Å²) in [6.45, 7) is 2.00. The van der Waals surface area contributed by atoms with E-state index in [1.807, 2.05) is 17.0 Å². The largest absolute Gasteiger partial charge is 0.493 e. The summed E-state index contributed by atoms with van der Waals surface area (Å²) >= 11 is 0. The second-order valence-electron chi connectivity index (χ2n) is 7.74. The van der Waals surface area contributed by atoms with E-state index in [1.54, 1.807) is 7.11 Å². The number of benzene rings is 1. The first-order valence-electron chi connectivity index (χ1n) is 9.87. The molecule has 0 N–H and O–H groups in total. The lowest BCUT2D eigenvalue weighted by Gasteiger charge is -2.53. The summed E-state index contributed by atoms with van der Waals surface area (Å²) in [4.78, 5) is 18.3. The minimum atomic E-state index is -0.342. The average Bonchev–Trinajstić information content (AvgIpc) is 3.29. The van der Waals surface area contributed by atoms with Gasteiger partial charge in [0.15, 0.2) is 17.9 Å². The highest BCUT2D eigenvalue weighted by Gasteiger charge is 2.53. The maximum Gasteiger partial charge on any atom is 0.291 e. The Morgan fingerprint density at radius 2 is 2.18 bits per heavy atom. The van der Waals surface area contributed by atoms with Gasteiger partial charge < -0.3 is 23.5 Å². The molecule has 1 aromatic carbocycles. The van der Waals surface area contributed by atoms with Crippen LogP contribution in [0.15, 0.2) is 35.2 Å². The van der Waals surface area contributed by atoms with Crippen molar-refractivity contribution in [2.75, 3.05) is 26.8 Å². The first-order valence-corrected chi connectivity index (χ1v) is 9.87. The smallest absolute Gasteiger partial charge is 0.291 e. The number of carbonyl (C=O) groups is 1. The lowest BCUT2D eigenvalue weighted by Crippen LogP contribution is -2.57. The van der Waals surface area contributed by atoms with Crippen LogP contribution in [0.1, 0.15) is 47.9 Å². The summed E-state index contributed by atoms with van der Waals surface area (Å²) in [7, 11) is 1.66. The fourth-order valence-electron chi connectivity index (χ4n) is 4.97. The predicted molar refractivity (Wildman–Crippen MR) is 99.4 cm³/mol. The fraction of sp³-hybridized carbons (Fsp3) is 0.524. The molecule has 0 bridgehead atoms. The zero-order valence-electron chi connectivity index (χ0n) is 15.9. The second kappa shape index (κ2) is 6.81. The molecule has 2 atom stereocenters. The Bertz CT molecular complexity index is 858. The number of amides is 1. The quantitative estimate of drug-likeness (QED) is 0.792. The topological polar surface area (TPSA) is 74.0 Å². The average molecular weight is 384 g/mol. The van der Waals surface area contributed by atoms with Crippen LogP contribution in [0.4, 0.5) is 0 Å². The van der Waals surface area contributed by atoms with E-state index < -0.39 is 0 Å². The maximum atomic E-state index is 12.6. The van der Waals surface area contributed by atoms with Crippen molar-refractivity contribution >= 4 is 5.91 Å². The van der Waals surface area contributed by atoms with E-state index in [1.165, 1.54) is 12.6 Å². The van der Waals surface area contributed by atoms with Gasteiger partial charge in [0, 0.05) is 44.0 Å². The molecule has 7 heteroatoms. The van der Waals surface area contributed by atoms with Gasteiger partial charge in [0.2, 0.25) is 5.76 Å². The van der Waals surface area contributed by atoms with E-state index in [9.17, 15) is 4.79 Å². The van der Waals surface area contributed by atoms with Crippen LogP contribution in [0.25, 0.3) is 0 Å². The van der Waals surface area contributed by atoms with Gasteiger partial charge in [-0.15, -0.1) is 0 Å². The molecular formula is C21H24N2O5. The Labute approximate surface area is 163 Å². The summed E-state index contributed by atoms with van der Waals surface area (Å²) in [5.41, 5.74) is 0.736. The lowest BCUT2D eigenvalue weighted by atomic mass is 9.70. The Morgan fingerprint density at radius 1 is 1.32 bits per heavy atom. The number of likely N-dealkylation sites (tertiary alicyclic amines) is 1. The summed E-state index contributed by atoms with van der Waals surface area (Å²) in [5, 5.41) is 0. The van der Waals surface area contributed by atoms with Crippen LogP contribution in [-0.2, 0) is 4.74 Å². The zero-order valence-corrected chi connectivity index (χ0v) is 15.9. The molecule has 28 heavy (non-hydrogen) atoms. The molecule has 4 heterocycles. The van der Waals surface area contributed by atoms with Crippen molar-refractivity contribution in [3.05, 3.63) is 42.1 Å². The number of hydrogen-bond acceptors (Lipinski definition) is 6. The highest BCUT2D eigenvalue weighted by Crippen LogP contribution is 2.55. The molecule has 0 radical (unpaired) electrons. The van der Waals surface area contributed by atoms with Gasteiger partial charge in [-0.25, -0.2) is 4.98 Å². The number of fused-ring (bicyclic) bond motifs is 4. The van der Waals surface area contributed by atoms with Crippen LogP contribution in [0.2, 0.25) is 0 Å². The Morgan fingerprint density at radius 3 is 2.93 bits per heavy atom. The van der Waals surface area contributed by atoms with Gasteiger partial charge in [0.25, 0.3) is 5.91 Å². The maximum absolute atomic E-state index is 12.6. The SMILES string of the molecule is COc1cccc2c1OC1(CCN(C(=O)c3cnco3)CC1)[C@H]1CCCO[C@H]21. The highest BCUT2D eigenvalue weighted by atomic mass is 16.5. The normalized spacial score (nSPS) is 25.5. The van der Waals surface area contributed by atoms with Crippen LogP contribution >= 0.6 is 0 Å². The first-order chi connectivity index (χ1) is 13.7. The standard InChI is InChI=1S/C21H24N2O5/c1-25-16-6-2-4-14-18-15(5-3-11-26-18)21(28-19(14)16)7-9-23(10-8-21)20(24)17-12-22-13-27-17/h2,4,6,12-13,15,18H,3,5,7-11H2,1H3/t15-,18+/m0/s1. The Kier molecular flexibility index (Phi) is 4.27. The van der Waals surface area contributed by atoms with Crippen molar-refractivity contribution in [2.24, 2.45) is 5.92 Å². The second-order valence-corrected chi connectivity index (χ2v) is 7.74. The number of nitrogens with zero attached hydrogens (tertiary/aromatic N) is 2. The fourth-order valence-corrected chi connectivity index (χ4v) is 4.97. The lowest BCUT2D eigenvalue weighted by molar-refractivity contribution is -0.148. The number of oxazole rings is 1. The van der Waals surface area contributed by atoms with Crippen molar-refractivity contribution < 1.29 is 23.4 Å². The van der Waals surface area contributed by atoms with Gasteiger partial charge in [0.1, 0.15) is 5.60 Å².